The molecule has 2 aromatic rings. The van der Waals surface area contributed by atoms with Crippen LogP contribution in [0.2, 0.25) is 0 Å². The molecule has 0 radical (unpaired) electrons. The van der Waals surface area contributed by atoms with Crippen LogP contribution in [0.3, 0.4) is 0 Å². The Hall–Kier alpha value is -2.70. The van der Waals surface area contributed by atoms with E-state index in [1.54, 1.807) is 0 Å². The Morgan fingerprint density at radius 3 is 2.17 bits per heavy atom. The van der Waals surface area contributed by atoms with Crippen molar-refractivity contribution in [3.05, 3.63) is 64.7 Å². The standard InChI is InChI=1S/C24H32N4O2/c1-17-5-8-20(9-6-17)22(28-13-11-27(4)12-14-28)16-25-23(29)24(30)26-21-10-7-18(2)15-19(21)3/h5-10,15,22H,11-14,16H2,1-4H3,(H,25,29)(H,26,30). The molecule has 1 heterocycles. The molecule has 0 aromatic heterocycles. The molecule has 30 heavy (non-hydrogen) atoms. The largest absolute Gasteiger partial charge is 0.346 e. The summed E-state index contributed by atoms with van der Waals surface area (Å²) in [5.74, 6) is -1.25. The summed E-state index contributed by atoms with van der Waals surface area (Å²) in [5.41, 5.74) is 5.07. The summed E-state index contributed by atoms with van der Waals surface area (Å²) in [4.78, 5) is 29.6. The molecule has 6 nitrogen and oxygen atoms in total. The predicted octanol–water partition coefficient (Wildman–Crippen LogP) is 2.66. The number of rotatable bonds is 5. The van der Waals surface area contributed by atoms with Crippen molar-refractivity contribution in [2.75, 3.05) is 45.1 Å². The second-order valence-corrected chi connectivity index (χ2v) is 8.25. The predicted molar refractivity (Wildman–Crippen MR) is 121 cm³/mol. The van der Waals surface area contributed by atoms with Crippen LogP contribution < -0.4 is 10.6 Å². The molecule has 2 amide bonds. The van der Waals surface area contributed by atoms with Crippen molar-refractivity contribution >= 4 is 17.5 Å². The van der Waals surface area contributed by atoms with Crippen molar-refractivity contribution in [2.24, 2.45) is 0 Å². The quantitative estimate of drug-likeness (QED) is 0.747. The van der Waals surface area contributed by atoms with Crippen molar-refractivity contribution in [3.8, 4) is 0 Å². The summed E-state index contributed by atoms with van der Waals surface area (Å²) >= 11 is 0. The van der Waals surface area contributed by atoms with E-state index in [1.807, 2.05) is 32.0 Å². The van der Waals surface area contributed by atoms with Crippen LogP contribution in [0, 0.1) is 20.8 Å². The molecule has 1 saturated heterocycles. The van der Waals surface area contributed by atoms with Crippen LogP contribution in [0.15, 0.2) is 42.5 Å². The molecule has 6 heteroatoms. The van der Waals surface area contributed by atoms with Gasteiger partial charge in [0.2, 0.25) is 0 Å². The van der Waals surface area contributed by atoms with Crippen LogP contribution in [-0.4, -0.2) is 61.4 Å². The number of amides is 2. The average molecular weight is 409 g/mol. The number of anilines is 1. The SMILES string of the molecule is Cc1ccc(C(CNC(=O)C(=O)Nc2ccc(C)cc2C)N2CCN(C)CC2)cc1. The van der Waals surface area contributed by atoms with E-state index >= 15 is 0 Å². The van der Waals surface area contributed by atoms with Crippen LogP contribution in [0.4, 0.5) is 5.69 Å². The molecular formula is C24H32N4O2. The highest BCUT2D eigenvalue weighted by molar-refractivity contribution is 6.39. The number of carbonyl (C=O) groups is 2. The van der Waals surface area contributed by atoms with Gasteiger partial charge in [-0.25, -0.2) is 0 Å². The topological polar surface area (TPSA) is 64.7 Å². The minimum atomic E-state index is -0.636. The van der Waals surface area contributed by atoms with Crippen LogP contribution >= 0.6 is 0 Å². The van der Waals surface area contributed by atoms with E-state index in [1.165, 1.54) is 5.56 Å². The number of likely N-dealkylation sites (N-methyl/N-ethyl adjacent to an activating group) is 1. The molecular weight excluding hydrogens is 376 g/mol. The lowest BCUT2D eigenvalue weighted by Crippen LogP contribution is -2.49. The van der Waals surface area contributed by atoms with E-state index in [4.69, 9.17) is 0 Å². The minimum Gasteiger partial charge on any atom is -0.346 e. The number of hydrogen-bond donors (Lipinski definition) is 2. The molecule has 2 N–H and O–H groups in total. The number of hydrogen-bond acceptors (Lipinski definition) is 4. The molecule has 1 fully saturated rings. The number of aryl methyl sites for hydroxylation is 3. The zero-order valence-electron chi connectivity index (χ0n) is 18.4. The summed E-state index contributed by atoms with van der Waals surface area (Å²) in [5, 5.41) is 5.57. The first kappa shape index (κ1) is 22.0. The van der Waals surface area contributed by atoms with Crippen molar-refractivity contribution in [1.82, 2.24) is 15.1 Å². The molecule has 3 rings (SSSR count). The third-order valence-corrected chi connectivity index (χ3v) is 5.73. The normalized spacial score (nSPS) is 16.1. The third-order valence-electron chi connectivity index (χ3n) is 5.73. The van der Waals surface area contributed by atoms with E-state index in [2.05, 4.69) is 58.7 Å². The van der Waals surface area contributed by atoms with Crippen molar-refractivity contribution < 1.29 is 9.59 Å². The number of benzene rings is 2. The second-order valence-electron chi connectivity index (χ2n) is 8.25. The molecule has 2 aromatic carbocycles. The molecule has 160 valence electrons. The van der Waals surface area contributed by atoms with Gasteiger partial charge in [-0.2, -0.15) is 0 Å². The molecule has 0 saturated carbocycles. The van der Waals surface area contributed by atoms with Gasteiger partial charge in [0.1, 0.15) is 0 Å². The maximum absolute atomic E-state index is 12.5. The zero-order valence-corrected chi connectivity index (χ0v) is 18.4. The minimum absolute atomic E-state index is 0.0390. The lowest BCUT2D eigenvalue weighted by molar-refractivity contribution is -0.136. The first-order valence-corrected chi connectivity index (χ1v) is 10.5. The van der Waals surface area contributed by atoms with Gasteiger partial charge < -0.3 is 15.5 Å². The van der Waals surface area contributed by atoms with Gasteiger partial charge in [0.15, 0.2) is 0 Å². The van der Waals surface area contributed by atoms with Crippen LogP contribution in [0.5, 0.6) is 0 Å². The van der Waals surface area contributed by atoms with Crippen LogP contribution in [-0.2, 0) is 9.59 Å². The maximum Gasteiger partial charge on any atom is 0.313 e. The Kier molecular flexibility index (Phi) is 7.24. The van der Waals surface area contributed by atoms with E-state index in [0.29, 0.717) is 12.2 Å². The first-order valence-electron chi connectivity index (χ1n) is 10.5. The molecule has 0 bridgehead atoms. The van der Waals surface area contributed by atoms with Gasteiger partial charge in [0, 0.05) is 38.4 Å². The van der Waals surface area contributed by atoms with E-state index in [9.17, 15) is 9.59 Å². The van der Waals surface area contributed by atoms with Gasteiger partial charge in [0.25, 0.3) is 0 Å². The van der Waals surface area contributed by atoms with Gasteiger partial charge in [-0.1, -0.05) is 47.5 Å². The summed E-state index contributed by atoms with van der Waals surface area (Å²) in [7, 11) is 2.12. The summed E-state index contributed by atoms with van der Waals surface area (Å²) in [6.45, 7) is 10.2. The highest BCUT2D eigenvalue weighted by Crippen LogP contribution is 2.22. The fraction of sp³-hybridized carbons (Fsp3) is 0.417. The second kappa shape index (κ2) is 9.87. The average Bonchev–Trinajstić information content (AvgIpc) is 2.72. The van der Waals surface area contributed by atoms with Gasteiger partial charge in [-0.15, -0.1) is 0 Å². The number of nitrogens with zero attached hydrogens (tertiary/aromatic N) is 2. The van der Waals surface area contributed by atoms with Gasteiger partial charge >= 0.3 is 11.8 Å². The Morgan fingerprint density at radius 1 is 0.900 bits per heavy atom. The summed E-state index contributed by atoms with van der Waals surface area (Å²) in [6.07, 6.45) is 0. The molecule has 0 spiro atoms. The van der Waals surface area contributed by atoms with Gasteiger partial charge in [0.05, 0.1) is 6.04 Å². The van der Waals surface area contributed by atoms with Crippen LogP contribution in [0.25, 0.3) is 0 Å². The fourth-order valence-corrected chi connectivity index (χ4v) is 3.78. The molecule has 1 aliphatic rings. The highest BCUT2D eigenvalue weighted by Gasteiger charge is 2.25. The van der Waals surface area contributed by atoms with E-state index in [-0.39, 0.29) is 6.04 Å². The fourth-order valence-electron chi connectivity index (χ4n) is 3.78. The Balaban J connectivity index is 1.65. The zero-order chi connectivity index (χ0) is 21.7. The number of nitrogens with one attached hydrogen (secondary N) is 2. The van der Waals surface area contributed by atoms with Gasteiger partial charge in [-0.3, -0.25) is 14.5 Å². The van der Waals surface area contributed by atoms with Crippen LogP contribution in [0.1, 0.15) is 28.3 Å². The smallest absolute Gasteiger partial charge is 0.313 e. The third kappa shape index (κ3) is 5.68. The van der Waals surface area contributed by atoms with Crippen molar-refractivity contribution in [3.63, 3.8) is 0 Å². The summed E-state index contributed by atoms with van der Waals surface area (Å²) in [6, 6.07) is 14.2. The lowest BCUT2D eigenvalue weighted by atomic mass is 10.0. The number of carbonyl (C=O) groups excluding carboxylic acids is 2. The number of piperazine rings is 1. The Bertz CT molecular complexity index is 887. The first-order chi connectivity index (χ1) is 14.3. The Morgan fingerprint density at radius 2 is 1.53 bits per heavy atom. The summed E-state index contributed by atoms with van der Waals surface area (Å²) < 4.78 is 0. The molecule has 1 atom stereocenters. The molecule has 0 aliphatic carbocycles. The highest BCUT2D eigenvalue weighted by atomic mass is 16.2. The van der Waals surface area contributed by atoms with E-state index < -0.39 is 11.8 Å². The lowest BCUT2D eigenvalue weighted by Gasteiger charge is -2.38. The van der Waals surface area contributed by atoms with Gasteiger partial charge in [-0.05, 0) is 45.0 Å². The maximum atomic E-state index is 12.5. The van der Waals surface area contributed by atoms with Crippen molar-refractivity contribution in [1.29, 1.82) is 0 Å². The monoisotopic (exact) mass is 408 g/mol. The molecule has 1 unspecified atom stereocenters. The van der Waals surface area contributed by atoms with E-state index in [0.717, 1.165) is 42.9 Å². The van der Waals surface area contributed by atoms with Crippen molar-refractivity contribution in [2.45, 2.75) is 26.8 Å². The molecule has 1 aliphatic heterocycles. The Labute approximate surface area is 179 Å².